The van der Waals surface area contributed by atoms with Crippen molar-refractivity contribution in [3.8, 4) is 11.5 Å². The standard InChI is InChI=1S/C19H20N6/c1-12-5-4-6-15(23-12)17-22-10-14-18(24-17)25(11-19(14,2)3)13-7-8-21-16(20)9-13/h4-10H,11H2,1-3H3,(H2,20,21). The van der Waals surface area contributed by atoms with E-state index in [0.717, 1.165) is 35.0 Å². The second kappa shape index (κ2) is 5.51. The van der Waals surface area contributed by atoms with E-state index in [9.17, 15) is 0 Å². The summed E-state index contributed by atoms with van der Waals surface area (Å²) in [4.78, 5) is 20.2. The molecular formula is C19H20N6. The number of pyridine rings is 2. The van der Waals surface area contributed by atoms with E-state index in [0.29, 0.717) is 11.6 Å². The van der Waals surface area contributed by atoms with Gasteiger partial charge in [0.1, 0.15) is 17.3 Å². The third kappa shape index (κ3) is 2.69. The van der Waals surface area contributed by atoms with E-state index in [2.05, 4.69) is 33.7 Å². The fourth-order valence-electron chi connectivity index (χ4n) is 3.22. The number of nitrogens with zero attached hydrogens (tertiary/aromatic N) is 5. The van der Waals surface area contributed by atoms with Gasteiger partial charge in [-0.3, -0.25) is 0 Å². The Morgan fingerprint density at radius 2 is 1.96 bits per heavy atom. The SMILES string of the molecule is Cc1cccc(-c2ncc3c(n2)N(c2ccnc(N)c2)CC3(C)C)n1. The number of nitrogens with two attached hydrogens (primary N) is 1. The molecule has 0 amide bonds. The van der Waals surface area contributed by atoms with Crippen LogP contribution in [0.25, 0.3) is 11.5 Å². The molecule has 3 aromatic rings. The maximum atomic E-state index is 5.87. The first-order chi connectivity index (χ1) is 11.9. The fraction of sp³-hybridized carbons (Fsp3) is 0.263. The van der Waals surface area contributed by atoms with E-state index in [-0.39, 0.29) is 5.41 Å². The third-order valence-corrected chi connectivity index (χ3v) is 4.50. The highest BCUT2D eigenvalue weighted by atomic mass is 15.2. The number of hydrogen-bond donors (Lipinski definition) is 1. The quantitative estimate of drug-likeness (QED) is 0.776. The molecule has 0 aromatic carbocycles. The molecule has 1 aliphatic heterocycles. The molecule has 0 saturated carbocycles. The second-order valence-electron chi connectivity index (χ2n) is 7.00. The van der Waals surface area contributed by atoms with Crippen molar-refractivity contribution in [1.82, 2.24) is 19.9 Å². The Balaban J connectivity index is 1.85. The highest BCUT2D eigenvalue weighted by Crippen LogP contribution is 2.43. The van der Waals surface area contributed by atoms with Crippen LogP contribution >= 0.6 is 0 Å². The van der Waals surface area contributed by atoms with Crippen LogP contribution in [-0.2, 0) is 5.41 Å². The summed E-state index contributed by atoms with van der Waals surface area (Å²) in [7, 11) is 0. The summed E-state index contributed by atoms with van der Waals surface area (Å²) in [6.45, 7) is 7.17. The van der Waals surface area contributed by atoms with Crippen molar-refractivity contribution in [2.45, 2.75) is 26.2 Å². The van der Waals surface area contributed by atoms with Gasteiger partial charge in [-0.15, -0.1) is 0 Å². The lowest BCUT2D eigenvalue weighted by molar-refractivity contribution is 0.567. The molecule has 0 spiro atoms. The number of anilines is 3. The van der Waals surface area contributed by atoms with Crippen LogP contribution in [-0.4, -0.2) is 26.5 Å². The van der Waals surface area contributed by atoms with Crippen LogP contribution in [0.5, 0.6) is 0 Å². The van der Waals surface area contributed by atoms with Crippen molar-refractivity contribution in [3.63, 3.8) is 0 Å². The molecular weight excluding hydrogens is 312 g/mol. The van der Waals surface area contributed by atoms with Gasteiger partial charge in [-0.2, -0.15) is 0 Å². The third-order valence-electron chi connectivity index (χ3n) is 4.50. The minimum atomic E-state index is -0.0497. The van der Waals surface area contributed by atoms with Crippen LogP contribution in [0.2, 0.25) is 0 Å². The van der Waals surface area contributed by atoms with E-state index in [4.69, 9.17) is 10.7 Å². The van der Waals surface area contributed by atoms with Crippen LogP contribution in [0.1, 0.15) is 25.1 Å². The molecule has 6 nitrogen and oxygen atoms in total. The van der Waals surface area contributed by atoms with Gasteiger partial charge in [-0.25, -0.2) is 19.9 Å². The van der Waals surface area contributed by atoms with Crippen LogP contribution in [0.15, 0.2) is 42.7 Å². The number of aromatic nitrogens is 4. The zero-order valence-corrected chi connectivity index (χ0v) is 14.6. The Morgan fingerprint density at radius 3 is 2.72 bits per heavy atom. The van der Waals surface area contributed by atoms with Crippen LogP contribution in [0.4, 0.5) is 17.3 Å². The smallest absolute Gasteiger partial charge is 0.180 e. The van der Waals surface area contributed by atoms with Gasteiger partial charge in [0.2, 0.25) is 0 Å². The van der Waals surface area contributed by atoms with Crippen LogP contribution < -0.4 is 10.6 Å². The van der Waals surface area contributed by atoms with Crippen molar-refractivity contribution < 1.29 is 0 Å². The summed E-state index contributed by atoms with van der Waals surface area (Å²) in [6, 6.07) is 9.70. The number of aryl methyl sites for hydroxylation is 1. The predicted octanol–water partition coefficient (Wildman–Crippen LogP) is 3.25. The molecule has 0 saturated heterocycles. The zero-order chi connectivity index (χ0) is 17.6. The number of fused-ring (bicyclic) bond motifs is 1. The molecule has 6 heteroatoms. The van der Waals surface area contributed by atoms with Crippen molar-refractivity contribution >= 4 is 17.3 Å². The number of hydrogen-bond acceptors (Lipinski definition) is 6. The average Bonchev–Trinajstić information content (AvgIpc) is 2.86. The summed E-state index contributed by atoms with van der Waals surface area (Å²) < 4.78 is 0. The van der Waals surface area contributed by atoms with E-state index >= 15 is 0 Å². The Bertz CT molecular complexity index is 950. The van der Waals surface area contributed by atoms with E-state index in [1.807, 2.05) is 43.5 Å². The van der Waals surface area contributed by atoms with Crippen molar-refractivity contribution in [2.75, 3.05) is 17.2 Å². The first-order valence-electron chi connectivity index (χ1n) is 8.25. The number of rotatable bonds is 2. The molecule has 0 bridgehead atoms. The van der Waals surface area contributed by atoms with E-state index < -0.39 is 0 Å². The first-order valence-corrected chi connectivity index (χ1v) is 8.25. The van der Waals surface area contributed by atoms with Crippen molar-refractivity contribution in [2.24, 2.45) is 0 Å². The Kier molecular flexibility index (Phi) is 3.42. The molecule has 126 valence electrons. The number of nitrogen functional groups attached to an aromatic ring is 1. The summed E-state index contributed by atoms with van der Waals surface area (Å²) in [6.07, 6.45) is 3.64. The maximum Gasteiger partial charge on any atom is 0.180 e. The van der Waals surface area contributed by atoms with Gasteiger partial charge in [0.05, 0.1) is 0 Å². The Labute approximate surface area is 146 Å². The molecule has 4 rings (SSSR count). The van der Waals surface area contributed by atoms with Gasteiger partial charge in [0.25, 0.3) is 0 Å². The van der Waals surface area contributed by atoms with Gasteiger partial charge < -0.3 is 10.6 Å². The Morgan fingerprint density at radius 1 is 1.12 bits per heavy atom. The predicted molar refractivity (Wildman–Crippen MR) is 98.7 cm³/mol. The topological polar surface area (TPSA) is 80.8 Å². The molecule has 0 atom stereocenters. The van der Waals surface area contributed by atoms with Gasteiger partial charge in [0, 0.05) is 47.4 Å². The monoisotopic (exact) mass is 332 g/mol. The van der Waals surface area contributed by atoms with Gasteiger partial charge in [-0.05, 0) is 25.1 Å². The molecule has 0 fully saturated rings. The first kappa shape index (κ1) is 15.5. The maximum absolute atomic E-state index is 5.87. The van der Waals surface area contributed by atoms with Crippen molar-refractivity contribution in [1.29, 1.82) is 0 Å². The normalized spacial score (nSPS) is 15.2. The lowest BCUT2D eigenvalue weighted by Crippen LogP contribution is -2.25. The second-order valence-corrected chi connectivity index (χ2v) is 7.00. The lowest BCUT2D eigenvalue weighted by Gasteiger charge is -2.21. The highest BCUT2D eigenvalue weighted by Gasteiger charge is 2.38. The highest BCUT2D eigenvalue weighted by molar-refractivity contribution is 5.71. The molecule has 3 aromatic heterocycles. The molecule has 25 heavy (non-hydrogen) atoms. The molecule has 0 unspecified atom stereocenters. The molecule has 1 aliphatic rings. The van der Waals surface area contributed by atoms with E-state index in [1.54, 1.807) is 6.20 Å². The summed E-state index contributed by atoms with van der Waals surface area (Å²) in [5.74, 6) is 2.04. The minimum absolute atomic E-state index is 0.0497. The van der Waals surface area contributed by atoms with Gasteiger partial charge in [-0.1, -0.05) is 19.9 Å². The largest absolute Gasteiger partial charge is 0.384 e. The molecule has 0 radical (unpaired) electrons. The van der Waals surface area contributed by atoms with Crippen LogP contribution in [0.3, 0.4) is 0 Å². The van der Waals surface area contributed by atoms with Gasteiger partial charge in [0.15, 0.2) is 5.82 Å². The average molecular weight is 332 g/mol. The van der Waals surface area contributed by atoms with Gasteiger partial charge >= 0.3 is 0 Å². The van der Waals surface area contributed by atoms with Crippen molar-refractivity contribution in [3.05, 3.63) is 54.0 Å². The summed E-state index contributed by atoms with van der Waals surface area (Å²) in [5, 5.41) is 0. The summed E-state index contributed by atoms with van der Waals surface area (Å²) in [5.41, 5.74) is 9.66. The van der Waals surface area contributed by atoms with Crippen LogP contribution in [0, 0.1) is 6.92 Å². The molecule has 2 N–H and O–H groups in total. The molecule has 4 heterocycles. The fourth-order valence-corrected chi connectivity index (χ4v) is 3.22. The lowest BCUT2D eigenvalue weighted by atomic mass is 9.89. The molecule has 0 aliphatic carbocycles. The summed E-state index contributed by atoms with van der Waals surface area (Å²) >= 11 is 0. The zero-order valence-electron chi connectivity index (χ0n) is 14.6. The Hall–Kier alpha value is -3.02. The van der Waals surface area contributed by atoms with E-state index in [1.165, 1.54) is 0 Å². The minimum Gasteiger partial charge on any atom is -0.384 e.